The Bertz CT molecular complexity index is 363. The summed E-state index contributed by atoms with van der Waals surface area (Å²) >= 11 is 0. The zero-order valence-electron chi connectivity index (χ0n) is 12.7. The number of hydrogen-bond acceptors (Lipinski definition) is 2. The molecule has 0 heterocycles. The SMILES string of the molecule is C[C@@H](NCc1ccc(N(C)C)cc1)C1CCCCC1. The molecule has 1 atom stereocenters. The van der Waals surface area contributed by atoms with Gasteiger partial charge in [-0.05, 0) is 43.4 Å². The van der Waals surface area contributed by atoms with E-state index in [9.17, 15) is 0 Å². The highest BCUT2D eigenvalue weighted by atomic mass is 15.1. The van der Waals surface area contributed by atoms with E-state index >= 15 is 0 Å². The molecule has 2 rings (SSSR count). The van der Waals surface area contributed by atoms with E-state index in [1.54, 1.807) is 0 Å². The molecule has 1 aliphatic carbocycles. The lowest BCUT2D eigenvalue weighted by Gasteiger charge is -2.28. The molecule has 2 nitrogen and oxygen atoms in total. The molecule has 1 aromatic rings. The molecule has 0 radical (unpaired) electrons. The lowest BCUT2D eigenvalue weighted by molar-refractivity contribution is 0.280. The van der Waals surface area contributed by atoms with Gasteiger partial charge in [-0.3, -0.25) is 0 Å². The van der Waals surface area contributed by atoms with Crippen molar-refractivity contribution in [3.63, 3.8) is 0 Å². The minimum atomic E-state index is 0.647. The summed E-state index contributed by atoms with van der Waals surface area (Å²) in [7, 11) is 4.16. The van der Waals surface area contributed by atoms with Gasteiger partial charge >= 0.3 is 0 Å². The van der Waals surface area contributed by atoms with Crippen molar-refractivity contribution >= 4 is 5.69 Å². The van der Waals surface area contributed by atoms with Crippen LogP contribution in [-0.4, -0.2) is 20.1 Å². The van der Waals surface area contributed by atoms with Gasteiger partial charge in [0.25, 0.3) is 0 Å². The number of anilines is 1. The van der Waals surface area contributed by atoms with Crippen molar-refractivity contribution < 1.29 is 0 Å². The first-order chi connectivity index (χ1) is 9.16. The molecule has 1 aliphatic rings. The second-order valence-corrected chi connectivity index (χ2v) is 6.13. The van der Waals surface area contributed by atoms with E-state index in [0.29, 0.717) is 6.04 Å². The second-order valence-electron chi connectivity index (χ2n) is 6.13. The van der Waals surface area contributed by atoms with Crippen LogP contribution in [0.5, 0.6) is 0 Å². The highest BCUT2D eigenvalue weighted by Gasteiger charge is 2.19. The molecule has 0 aromatic heterocycles. The fraction of sp³-hybridized carbons (Fsp3) is 0.647. The molecule has 0 aliphatic heterocycles. The third-order valence-corrected chi connectivity index (χ3v) is 4.44. The van der Waals surface area contributed by atoms with Crippen LogP contribution in [0.3, 0.4) is 0 Å². The minimum absolute atomic E-state index is 0.647. The number of nitrogens with one attached hydrogen (secondary N) is 1. The van der Waals surface area contributed by atoms with Crippen LogP contribution >= 0.6 is 0 Å². The fourth-order valence-corrected chi connectivity index (χ4v) is 2.99. The Labute approximate surface area is 118 Å². The highest BCUT2D eigenvalue weighted by molar-refractivity contribution is 5.45. The summed E-state index contributed by atoms with van der Waals surface area (Å²) in [4.78, 5) is 2.14. The Balaban J connectivity index is 1.80. The lowest BCUT2D eigenvalue weighted by Crippen LogP contribution is -2.34. The third kappa shape index (κ3) is 4.24. The van der Waals surface area contributed by atoms with Crippen molar-refractivity contribution in [2.45, 2.75) is 51.6 Å². The topological polar surface area (TPSA) is 15.3 Å². The Morgan fingerprint density at radius 1 is 1.11 bits per heavy atom. The van der Waals surface area contributed by atoms with Gasteiger partial charge in [-0.15, -0.1) is 0 Å². The molecular formula is C17H28N2. The Morgan fingerprint density at radius 3 is 2.32 bits per heavy atom. The van der Waals surface area contributed by atoms with Crippen LogP contribution in [0.15, 0.2) is 24.3 Å². The van der Waals surface area contributed by atoms with Crippen LogP contribution in [0.25, 0.3) is 0 Å². The summed E-state index contributed by atoms with van der Waals surface area (Å²) in [6.07, 6.45) is 7.11. The maximum absolute atomic E-state index is 3.70. The summed E-state index contributed by atoms with van der Waals surface area (Å²) < 4.78 is 0. The molecule has 106 valence electrons. The molecule has 0 bridgehead atoms. The van der Waals surface area contributed by atoms with E-state index in [0.717, 1.165) is 12.5 Å². The van der Waals surface area contributed by atoms with Gasteiger partial charge < -0.3 is 10.2 Å². The number of benzene rings is 1. The van der Waals surface area contributed by atoms with Crippen LogP contribution in [0.1, 0.15) is 44.6 Å². The molecule has 1 saturated carbocycles. The maximum Gasteiger partial charge on any atom is 0.0361 e. The van der Waals surface area contributed by atoms with Crippen LogP contribution in [0.2, 0.25) is 0 Å². The van der Waals surface area contributed by atoms with Gasteiger partial charge in [0.1, 0.15) is 0 Å². The summed E-state index contributed by atoms with van der Waals surface area (Å²) in [5.74, 6) is 0.884. The molecule has 0 saturated heterocycles. The Morgan fingerprint density at radius 2 is 1.74 bits per heavy atom. The van der Waals surface area contributed by atoms with Gasteiger partial charge in [-0.1, -0.05) is 31.4 Å². The van der Waals surface area contributed by atoms with Crippen molar-refractivity contribution in [2.24, 2.45) is 5.92 Å². The van der Waals surface area contributed by atoms with Gasteiger partial charge in [0, 0.05) is 32.4 Å². The summed E-state index contributed by atoms with van der Waals surface area (Å²) in [6.45, 7) is 3.34. The van der Waals surface area contributed by atoms with E-state index < -0.39 is 0 Å². The summed E-state index contributed by atoms with van der Waals surface area (Å²) in [5, 5.41) is 3.70. The second kappa shape index (κ2) is 6.95. The predicted octanol–water partition coefficient (Wildman–Crippen LogP) is 3.81. The smallest absolute Gasteiger partial charge is 0.0361 e. The van der Waals surface area contributed by atoms with E-state index in [4.69, 9.17) is 0 Å². The lowest BCUT2D eigenvalue weighted by atomic mass is 9.84. The molecule has 0 spiro atoms. The molecular weight excluding hydrogens is 232 g/mol. The first kappa shape index (κ1) is 14.4. The monoisotopic (exact) mass is 260 g/mol. The molecule has 1 fully saturated rings. The van der Waals surface area contributed by atoms with E-state index in [-0.39, 0.29) is 0 Å². The van der Waals surface area contributed by atoms with Crippen molar-refractivity contribution in [3.05, 3.63) is 29.8 Å². The number of nitrogens with zero attached hydrogens (tertiary/aromatic N) is 1. The van der Waals surface area contributed by atoms with Gasteiger partial charge in [-0.25, -0.2) is 0 Å². The summed E-state index contributed by atoms with van der Waals surface area (Å²) in [6, 6.07) is 9.50. The fourth-order valence-electron chi connectivity index (χ4n) is 2.99. The standard InChI is InChI=1S/C17H28N2/c1-14(16-7-5-4-6-8-16)18-13-15-9-11-17(12-10-15)19(2)3/h9-12,14,16,18H,4-8,13H2,1-3H3/t14-/m1/s1. The number of hydrogen-bond donors (Lipinski definition) is 1. The molecule has 2 heteroatoms. The first-order valence-electron chi connectivity index (χ1n) is 7.66. The molecule has 0 amide bonds. The van der Waals surface area contributed by atoms with Crippen molar-refractivity contribution in [3.8, 4) is 0 Å². The van der Waals surface area contributed by atoms with E-state index in [1.165, 1.54) is 43.4 Å². The van der Waals surface area contributed by atoms with Crippen LogP contribution in [-0.2, 0) is 6.54 Å². The molecule has 1 N–H and O–H groups in total. The number of rotatable bonds is 5. The highest BCUT2D eigenvalue weighted by Crippen LogP contribution is 2.26. The molecule has 1 aromatic carbocycles. The van der Waals surface area contributed by atoms with Crippen molar-refractivity contribution in [2.75, 3.05) is 19.0 Å². The van der Waals surface area contributed by atoms with Gasteiger partial charge in [-0.2, -0.15) is 0 Å². The van der Waals surface area contributed by atoms with Crippen LogP contribution < -0.4 is 10.2 Å². The maximum atomic E-state index is 3.70. The first-order valence-corrected chi connectivity index (χ1v) is 7.66. The van der Waals surface area contributed by atoms with Crippen molar-refractivity contribution in [1.82, 2.24) is 5.32 Å². The minimum Gasteiger partial charge on any atom is -0.378 e. The Kier molecular flexibility index (Phi) is 5.26. The predicted molar refractivity (Wildman–Crippen MR) is 83.6 cm³/mol. The van der Waals surface area contributed by atoms with Crippen molar-refractivity contribution in [1.29, 1.82) is 0 Å². The van der Waals surface area contributed by atoms with Gasteiger partial charge in [0.05, 0.1) is 0 Å². The average molecular weight is 260 g/mol. The summed E-state index contributed by atoms with van der Waals surface area (Å²) in [5.41, 5.74) is 2.65. The van der Waals surface area contributed by atoms with Gasteiger partial charge in [0.2, 0.25) is 0 Å². The normalized spacial score (nSPS) is 18.3. The quantitative estimate of drug-likeness (QED) is 0.866. The Hall–Kier alpha value is -1.02. The largest absolute Gasteiger partial charge is 0.378 e. The molecule has 0 unspecified atom stereocenters. The molecule has 19 heavy (non-hydrogen) atoms. The van der Waals surface area contributed by atoms with Crippen LogP contribution in [0.4, 0.5) is 5.69 Å². The van der Waals surface area contributed by atoms with Crippen LogP contribution in [0, 0.1) is 5.92 Å². The van der Waals surface area contributed by atoms with E-state index in [1.807, 2.05) is 0 Å². The third-order valence-electron chi connectivity index (χ3n) is 4.44. The average Bonchev–Trinajstić information content (AvgIpc) is 2.46. The van der Waals surface area contributed by atoms with E-state index in [2.05, 4.69) is 55.5 Å². The zero-order valence-corrected chi connectivity index (χ0v) is 12.7. The zero-order chi connectivity index (χ0) is 13.7. The van der Waals surface area contributed by atoms with Gasteiger partial charge in [0.15, 0.2) is 0 Å².